The fourth-order valence-corrected chi connectivity index (χ4v) is 2.13. The molecule has 2 rings (SSSR count). The fraction of sp³-hybridized carbons (Fsp3) is 0.438. The normalized spacial score (nSPS) is 10.4. The molecule has 0 aliphatic carbocycles. The van der Waals surface area contributed by atoms with E-state index in [4.69, 9.17) is 9.47 Å². The number of nitrogens with zero attached hydrogens (tertiary/aromatic N) is 2. The predicted octanol–water partition coefficient (Wildman–Crippen LogP) is 2.87. The molecular weight excluding hydrogens is 266 g/mol. The van der Waals surface area contributed by atoms with E-state index in [0.29, 0.717) is 13.2 Å². The van der Waals surface area contributed by atoms with Crippen molar-refractivity contribution in [2.45, 2.75) is 20.3 Å². The van der Waals surface area contributed by atoms with Crippen molar-refractivity contribution in [3.63, 3.8) is 0 Å². The zero-order valence-corrected chi connectivity index (χ0v) is 12.9. The van der Waals surface area contributed by atoms with Crippen LogP contribution in [0.5, 0.6) is 11.5 Å². The Morgan fingerprint density at radius 1 is 1.14 bits per heavy atom. The summed E-state index contributed by atoms with van der Waals surface area (Å²) in [5.41, 5.74) is 2.15. The summed E-state index contributed by atoms with van der Waals surface area (Å²) in [4.78, 5) is 0. The maximum absolute atomic E-state index is 5.78. The summed E-state index contributed by atoms with van der Waals surface area (Å²) in [6.45, 7) is 5.99. The van der Waals surface area contributed by atoms with Crippen molar-refractivity contribution in [3.05, 3.63) is 36.2 Å². The molecule has 0 amide bonds. The van der Waals surface area contributed by atoms with Gasteiger partial charge in [0.1, 0.15) is 6.61 Å². The minimum atomic E-state index is 0.572. The molecule has 0 saturated carbocycles. The van der Waals surface area contributed by atoms with Crippen molar-refractivity contribution >= 4 is 5.69 Å². The van der Waals surface area contributed by atoms with Crippen LogP contribution >= 0.6 is 0 Å². The third kappa shape index (κ3) is 4.15. The molecule has 0 aliphatic heterocycles. The first-order valence-corrected chi connectivity index (χ1v) is 7.35. The number of rotatable bonds is 8. The standard InChI is InChI=1S/C16H23N3O2/c1-4-13-14(12-19(3)18-13)17-10-11-21-16-9-7-6-8-15(16)20-5-2/h6-9,12,17H,4-5,10-11H2,1-3H3. The van der Waals surface area contributed by atoms with Gasteiger partial charge >= 0.3 is 0 Å². The van der Waals surface area contributed by atoms with Crippen LogP contribution in [0.2, 0.25) is 0 Å². The smallest absolute Gasteiger partial charge is 0.161 e. The van der Waals surface area contributed by atoms with Gasteiger partial charge in [-0.25, -0.2) is 0 Å². The molecule has 0 aliphatic rings. The molecule has 2 aromatic rings. The lowest BCUT2D eigenvalue weighted by atomic mass is 10.3. The molecule has 0 radical (unpaired) electrons. The molecule has 0 saturated heterocycles. The molecular formula is C16H23N3O2. The fourth-order valence-electron chi connectivity index (χ4n) is 2.13. The van der Waals surface area contributed by atoms with Crippen molar-refractivity contribution in [2.24, 2.45) is 7.05 Å². The van der Waals surface area contributed by atoms with Gasteiger partial charge in [0, 0.05) is 19.8 Å². The van der Waals surface area contributed by atoms with Crippen LogP contribution in [-0.4, -0.2) is 29.5 Å². The Hall–Kier alpha value is -2.17. The van der Waals surface area contributed by atoms with Crippen LogP contribution in [-0.2, 0) is 13.5 Å². The minimum Gasteiger partial charge on any atom is -0.490 e. The SMILES string of the molecule is CCOc1ccccc1OCCNc1cn(C)nc1CC. The van der Waals surface area contributed by atoms with Crippen molar-refractivity contribution in [2.75, 3.05) is 25.1 Å². The van der Waals surface area contributed by atoms with Gasteiger partial charge in [0.05, 0.1) is 18.0 Å². The van der Waals surface area contributed by atoms with E-state index in [1.807, 2.05) is 49.1 Å². The molecule has 1 N–H and O–H groups in total. The molecule has 0 spiro atoms. The third-order valence-corrected chi connectivity index (χ3v) is 3.06. The molecule has 1 aromatic heterocycles. The van der Waals surface area contributed by atoms with Crippen molar-refractivity contribution in [3.8, 4) is 11.5 Å². The average molecular weight is 289 g/mol. The number of ether oxygens (including phenoxy) is 2. The lowest BCUT2D eigenvalue weighted by Crippen LogP contribution is -2.12. The van der Waals surface area contributed by atoms with Gasteiger partial charge in [-0.3, -0.25) is 4.68 Å². The third-order valence-electron chi connectivity index (χ3n) is 3.06. The van der Waals surface area contributed by atoms with E-state index < -0.39 is 0 Å². The molecule has 21 heavy (non-hydrogen) atoms. The second-order valence-electron chi connectivity index (χ2n) is 4.67. The second kappa shape index (κ2) is 7.57. The van der Waals surface area contributed by atoms with E-state index in [2.05, 4.69) is 17.3 Å². The Balaban J connectivity index is 1.84. The monoisotopic (exact) mass is 289 g/mol. The summed E-state index contributed by atoms with van der Waals surface area (Å²) >= 11 is 0. The number of nitrogens with one attached hydrogen (secondary N) is 1. The van der Waals surface area contributed by atoms with Crippen LogP contribution < -0.4 is 14.8 Å². The second-order valence-corrected chi connectivity index (χ2v) is 4.67. The Morgan fingerprint density at radius 3 is 2.52 bits per heavy atom. The summed E-state index contributed by atoms with van der Waals surface area (Å²) in [6, 6.07) is 7.73. The van der Waals surface area contributed by atoms with Crippen LogP contribution in [0.1, 0.15) is 19.5 Å². The quantitative estimate of drug-likeness (QED) is 0.759. The van der Waals surface area contributed by atoms with E-state index in [1.54, 1.807) is 0 Å². The van der Waals surface area contributed by atoms with E-state index in [1.165, 1.54) is 0 Å². The highest BCUT2D eigenvalue weighted by Gasteiger charge is 2.06. The number of aromatic nitrogens is 2. The Labute approximate surface area is 125 Å². The van der Waals surface area contributed by atoms with Gasteiger partial charge in [-0.05, 0) is 25.5 Å². The molecule has 5 heteroatoms. The van der Waals surface area contributed by atoms with Crippen molar-refractivity contribution < 1.29 is 9.47 Å². The van der Waals surface area contributed by atoms with Gasteiger partial charge in [-0.15, -0.1) is 0 Å². The molecule has 0 fully saturated rings. The number of aryl methyl sites for hydroxylation is 2. The zero-order valence-electron chi connectivity index (χ0n) is 12.9. The highest BCUT2D eigenvalue weighted by atomic mass is 16.5. The largest absolute Gasteiger partial charge is 0.490 e. The molecule has 0 bridgehead atoms. The van der Waals surface area contributed by atoms with Crippen LogP contribution in [0.25, 0.3) is 0 Å². The number of hydrogen-bond acceptors (Lipinski definition) is 4. The van der Waals surface area contributed by atoms with Crippen molar-refractivity contribution in [1.29, 1.82) is 0 Å². The number of anilines is 1. The van der Waals surface area contributed by atoms with Gasteiger partial charge in [-0.2, -0.15) is 5.10 Å². The minimum absolute atomic E-state index is 0.572. The first kappa shape index (κ1) is 15.2. The lowest BCUT2D eigenvalue weighted by Gasteiger charge is -2.12. The van der Waals surface area contributed by atoms with Crippen LogP contribution in [0.15, 0.2) is 30.5 Å². The van der Waals surface area contributed by atoms with Crippen LogP contribution in [0.4, 0.5) is 5.69 Å². The van der Waals surface area contributed by atoms with Crippen LogP contribution in [0, 0.1) is 0 Å². The highest BCUT2D eigenvalue weighted by molar-refractivity contribution is 5.46. The van der Waals surface area contributed by atoms with E-state index in [9.17, 15) is 0 Å². The molecule has 114 valence electrons. The first-order valence-electron chi connectivity index (χ1n) is 7.35. The van der Waals surface area contributed by atoms with Crippen LogP contribution in [0.3, 0.4) is 0 Å². The van der Waals surface area contributed by atoms with Gasteiger partial charge in [-0.1, -0.05) is 19.1 Å². The van der Waals surface area contributed by atoms with E-state index in [0.717, 1.165) is 35.8 Å². The predicted molar refractivity (Wildman–Crippen MR) is 84.2 cm³/mol. The zero-order chi connectivity index (χ0) is 15.1. The Morgan fingerprint density at radius 2 is 1.86 bits per heavy atom. The van der Waals surface area contributed by atoms with Gasteiger partial charge in [0.2, 0.25) is 0 Å². The maximum atomic E-state index is 5.78. The molecule has 1 heterocycles. The Kier molecular flexibility index (Phi) is 5.49. The molecule has 5 nitrogen and oxygen atoms in total. The Bertz CT molecular complexity index is 566. The van der Waals surface area contributed by atoms with Gasteiger partial charge < -0.3 is 14.8 Å². The lowest BCUT2D eigenvalue weighted by molar-refractivity contribution is 0.284. The number of benzene rings is 1. The number of para-hydroxylation sites is 2. The number of hydrogen-bond donors (Lipinski definition) is 1. The summed E-state index contributed by atoms with van der Waals surface area (Å²) < 4.78 is 13.1. The molecule has 0 atom stereocenters. The van der Waals surface area contributed by atoms with E-state index in [-0.39, 0.29) is 0 Å². The topological polar surface area (TPSA) is 48.3 Å². The average Bonchev–Trinajstić information content (AvgIpc) is 2.85. The molecule has 0 unspecified atom stereocenters. The van der Waals surface area contributed by atoms with Crippen molar-refractivity contribution in [1.82, 2.24) is 9.78 Å². The van der Waals surface area contributed by atoms with Gasteiger partial charge in [0.25, 0.3) is 0 Å². The summed E-state index contributed by atoms with van der Waals surface area (Å²) in [5, 5.41) is 7.76. The summed E-state index contributed by atoms with van der Waals surface area (Å²) in [7, 11) is 1.93. The summed E-state index contributed by atoms with van der Waals surface area (Å²) in [5.74, 6) is 1.57. The maximum Gasteiger partial charge on any atom is 0.161 e. The molecule has 1 aromatic carbocycles. The van der Waals surface area contributed by atoms with E-state index >= 15 is 0 Å². The highest BCUT2D eigenvalue weighted by Crippen LogP contribution is 2.26. The summed E-state index contributed by atoms with van der Waals surface area (Å²) in [6.07, 6.45) is 2.91. The van der Waals surface area contributed by atoms with Gasteiger partial charge in [0.15, 0.2) is 11.5 Å². The first-order chi connectivity index (χ1) is 10.2.